The molecule has 0 saturated carbocycles. The molecule has 1 rings (SSSR count). The zero-order chi connectivity index (χ0) is 10.7. The predicted molar refractivity (Wildman–Crippen MR) is 55.4 cm³/mol. The van der Waals surface area contributed by atoms with Crippen LogP contribution >= 0.6 is 0 Å². The molecular weight excluding hydrogens is 176 g/mol. The molecule has 0 aliphatic carbocycles. The van der Waals surface area contributed by atoms with Crippen molar-refractivity contribution in [3.63, 3.8) is 0 Å². The SMILES string of the molecule is CC(O)C(=O)c1cc[c]cc1C(C)C. The first kappa shape index (κ1) is 10.9. The monoisotopic (exact) mass is 191 g/mol. The van der Waals surface area contributed by atoms with Crippen LogP contribution in [-0.2, 0) is 0 Å². The van der Waals surface area contributed by atoms with Crippen LogP contribution in [0.25, 0.3) is 0 Å². The highest BCUT2D eigenvalue weighted by atomic mass is 16.3. The van der Waals surface area contributed by atoms with E-state index < -0.39 is 6.10 Å². The standard InChI is InChI=1S/C12H15O2/c1-8(2)10-6-4-5-7-11(10)12(14)9(3)13/h5-9,13H,1-3H3. The van der Waals surface area contributed by atoms with E-state index in [1.165, 1.54) is 6.92 Å². The topological polar surface area (TPSA) is 37.3 Å². The Bertz CT molecular complexity index is 327. The Labute approximate surface area is 84.6 Å². The van der Waals surface area contributed by atoms with Crippen LogP contribution in [0.3, 0.4) is 0 Å². The third-order valence-electron chi connectivity index (χ3n) is 2.16. The predicted octanol–water partition coefficient (Wildman–Crippen LogP) is 2.17. The first-order valence-electron chi connectivity index (χ1n) is 4.76. The maximum Gasteiger partial charge on any atom is 0.191 e. The molecule has 0 spiro atoms. The number of aliphatic hydroxyl groups excluding tert-OH is 1. The number of Topliss-reactive ketones (excluding diaryl/α,β-unsaturated/α-hetero) is 1. The molecule has 0 bridgehead atoms. The highest BCUT2D eigenvalue weighted by Crippen LogP contribution is 2.20. The number of hydrogen-bond acceptors (Lipinski definition) is 2. The third-order valence-corrected chi connectivity index (χ3v) is 2.16. The number of carbonyl (C=O) groups is 1. The Hall–Kier alpha value is -1.15. The van der Waals surface area contributed by atoms with E-state index in [1.807, 2.05) is 13.8 Å². The van der Waals surface area contributed by atoms with E-state index in [9.17, 15) is 9.90 Å². The van der Waals surface area contributed by atoms with Crippen molar-refractivity contribution in [2.45, 2.75) is 32.8 Å². The van der Waals surface area contributed by atoms with Crippen molar-refractivity contribution >= 4 is 5.78 Å². The summed E-state index contributed by atoms with van der Waals surface area (Å²) in [5.74, 6) is 0.0489. The van der Waals surface area contributed by atoms with Gasteiger partial charge in [-0.2, -0.15) is 0 Å². The third kappa shape index (κ3) is 2.20. The maximum absolute atomic E-state index is 11.6. The average Bonchev–Trinajstić information content (AvgIpc) is 2.16. The first-order valence-corrected chi connectivity index (χ1v) is 4.76. The molecule has 0 fully saturated rings. The molecule has 0 aliphatic heterocycles. The van der Waals surface area contributed by atoms with E-state index in [0.29, 0.717) is 5.56 Å². The quantitative estimate of drug-likeness (QED) is 0.743. The number of rotatable bonds is 3. The average molecular weight is 191 g/mol. The van der Waals surface area contributed by atoms with Gasteiger partial charge in [-0.15, -0.1) is 0 Å². The molecule has 1 aromatic rings. The summed E-state index contributed by atoms with van der Waals surface area (Å²) < 4.78 is 0. The zero-order valence-electron chi connectivity index (χ0n) is 8.74. The molecule has 0 saturated heterocycles. The lowest BCUT2D eigenvalue weighted by Crippen LogP contribution is -2.18. The van der Waals surface area contributed by atoms with Crippen LogP contribution in [0, 0.1) is 6.07 Å². The summed E-state index contributed by atoms with van der Waals surface area (Å²) in [6, 6.07) is 8.16. The molecule has 0 aliphatic rings. The lowest BCUT2D eigenvalue weighted by Gasteiger charge is -2.12. The van der Waals surface area contributed by atoms with Gasteiger partial charge >= 0.3 is 0 Å². The van der Waals surface area contributed by atoms with Gasteiger partial charge in [0.05, 0.1) is 0 Å². The van der Waals surface area contributed by atoms with Crippen molar-refractivity contribution in [2.75, 3.05) is 0 Å². The van der Waals surface area contributed by atoms with Crippen LogP contribution in [0.4, 0.5) is 0 Å². The molecule has 1 N–H and O–H groups in total. The number of hydrogen-bond donors (Lipinski definition) is 1. The van der Waals surface area contributed by atoms with Crippen molar-refractivity contribution in [1.29, 1.82) is 0 Å². The van der Waals surface area contributed by atoms with Gasteiger partial charge < -0.3 is 5.11 Å². The second kappa shape index (κ2) is 4.38. The van der Waals surface area contributed by atoms with Crippen LogP contribution < -0.4 is 0 Å². The van der Waals surface area contributed by atoms with Gasteiger partial charge in [0.15, 0.2) is 5.78 Å². The molecule has 1 unspecified atom stereocenters. The van der Waals surface area contributed by atoms with E-state index in [0.717, 1.165) is 5.56 Å². The Kier molecular flexibility index (Phi) is 3.42. The number of carbonyl (C=O) groups excluding carboxylic acids is 1. The molecule has 1 aromatic carbocycles. The van der Waals surface area contributed by atoms with Gasteiger partial charge in [0, 0.05) is 5.56 Å². The van der Waals surface area contributed by atoms with Gasteiger partial charge in [-0.05, 0) is 24.5 Å². The van der Waals surface area contributed by atoms with Crippen molar-refractivity contribution in [1.82, 2.24) is 0 Å². The van der Waals surface area contributed by atoms with Crippen molar-refractivity contribution in [2.24, 2.45) is 0 Å². The van der Waals surface area contributed by atoms with Crippen LogP contribution in [0.2, 0.25) is 0 Å². The normalized spacial score (nSPS) is 12.9. The molecule has 0 amide bonds. The Balaban J connectivity index is 3.13. The van der Waals surface area contributed by atoms with E-state index >= 15 is 0 Å². The fraction of sp³-hybridized carbons (Fsp3) is 0.417. The summed E-state index contributed by atoms with van der Waals surface area (Å²) in [5.41, 5.74) is 1.55. The first-order chi connectivity index (χ1) is 6.54. The summed E-state index contributed by atoms with van der Waals surface area (Å²) in [5, 5.41) is 9.22. The number of ketones is 1. The fourth-order valence-electron chi connectivity index (χ4n) is 1.37. The summed E-state index contributed by atoms with van der Waals surface area (Å²) in [6.07, 6.45) is -0.935. The maximum atomic E-state index is 11.6. The molecule has 0 heterocycles. The van der Waals surface area contributed by atoms with E-state index in [4.69, 9.17) is 0 Å². The van der Waals surface area contributed by atoms with Crippen LogP contribution in [0.1, 0.15) is 42.6 Å². The number of benzene rings is 1. The molecule has 0 aromatic heterocycles. The molecule has 14 heavy (non-hydrogen) atoms. The highest BCUT2D eigenvalue weighted by molar-refractivity contribution is 6.00. The highest BCUT2D eigenvalue weighted by Gasteiger charge is 2.16. The van der Waals surface area contributed by atoms with Gasteiger partial charge in [0.1, 0.15) is 6.10 Å². The van der Waals surface area contributed by atoms with Gasteiger partial charge in [-0.25, -0.2) is 0 Å². The molecule has 75 valence electrons. The largest absolute Gasteiger partial charge is 0.385 e. The second-order valence-electron chi connectivity index (χ2n) is 3.71. The van der Waals surface area contributed by atoms with E-state index in [1.54, 1.807) is 18.2 Å². The van der Waals surface area contributed by atoms with Crippen molar-refractivity contribution in [3.05, 3.63) is 35.4 Å². The Morgan fingerprint density at radius 1 is 1.43 bits per heavy atom. The fourth-order valence-corrected chi connectivity index (χ4v) is 1.37. The van der Waals surface area contributed by atoms with Crippen LogP contribution in [0.15, 0.2) is 18.2 Å². The van der Waals surface area contributed by atoms with Gasteiger partial charge in [-0.1, -0.05) is 32.0 Å². The summed E-state index contributed by atoms with van der Waals surface area (Å²) >= 11 is 0. The Morgan fingerprint density at radius 2 is 2.07 bits per heavy atom. The zero-order valence-corrected chi connectivity index (χ0v) is 8.74. The summed E-state index contributed by atoms with van der Waals surface area (Å²) in [4.78, 5) is 11.6. The summed E-state index contributed by atoms with van der Waals surface area (Å²) in [7, 11) is 0. The number of aliphatic hydroxyl groups is 1. The molecular formula is C12H15O2. The second-order valence-corrected chi connectivity index (χ2v) is 3.71. The minimum absolute atomic E-state index is 0.220. The minimum atomic E-state index is -0.935. The minimum Gasteiger partial charge on any atom is -0.385 e. The molecule has 2 heteroatoms. The molecule has 1 radical (unpaired) electrons. The van der Waals surface area contributed by atoms with Gasteiger partial charge in [0.2, 0.25) is 0 Å². The Morgan fingerprint density at radius 3 is 2.57 bits per heavy atom. The van der Waals surface area contributed by atoms with Crippen molar-refractivity contribution < 1.29 is 9.90 Å². The van der Waals surface area contributed by atoms with Crippen molar-refractivity contribution in [3.8, 4) is 0 Å². The smallest absolute Gasteiger partial charge is 0.191 e. The van der Waals surface area contributed by atoms with Gasteiger partial charge in [-0.3, -0.25) is 4.79 Å². The molecule has 2 nitrogen and oxygen atoms in total. The van der Waals surface area contributed by atoms with Crippen LogP contribution in [-0.4, -0.2) is 17.0 Å². The summed E-state index contributed by atoms with van der Waals surface area (Å²) in [6.45, 7) is 5.52. The lowest BCUT2D eigenvalue weighted by atomic mass is 9.93. The molecule has 1 atom stereocenters. The van der Waals surface area contributed by atoms with Gasteiger partial charge in [0.25, 0.3) is 0 Å². The lowest BCUT2D eigenvalue weighted by molar-refractivity contribution is 0.0778. The van der Waals surface area contributed by atoms with E-state index in [2.05, 4.69) is 6.07 Å². The van der Waals surface area contributed by atoms with Crippen LogP contribution in [0.5, 0.6) is 0 Å². The van der Waals surface area contributed by atoms with E-state index in [-0.39, 0.29) is 11.7 Å².